The summed E-state index contributed by atoms with van der Waals surface area (Å²) in [7, 11) is 0. The molecule has 8 heteroatoms. The Labute approximate surface area is 191 Å². The number of rotatable bonds is 9. The standard InChI is InChI=1S/C25H24N2O6/c28-23(16-19-10-4-1-5-11-19)33-22(17-31-24(29)26-20-12-6-2-7-13-20)18-32-25(30)27-21-14-8-3-9-15-21/h1-15,22H,16-18H2,(H,26,29)(H,27,30). The largest absolute Gasteiger partial charge is 0.455 e. The summed E-state index contributed by atoms with van der Waals surface area (Å²) >= 11 is 0. The Kier molecular flexibility index (Phi) is 8.84. The van der Waals surface area contributed by atoms with Crippen molar-refractivity contribution >= 4 is 29.5 Å². The van der Waals surface area contributed by atoms with Gasteiger partial charge in [0.25, 0.3) is 0 Å². The molecule has 3 rings (SSSR count). The van der Waals surface area contributed by atoms with Gasteiger partial charge < -0.3 is 14.2 Å². The normalized spacial score (nSPS) is 10.2. The van der Waals surface area contributed by atoms with Gasteiger partial charge in [-0.3, -0.25) is 15.4 Å². The van der Waals surface area contributed by atoms with E-state index in [9.17, 15) is 14.4 Å². The second-order valence-corrected chi connectivity index (χ2v) is 6.95. The number of hydrogen-bond acceptors (Lipinski definition) is 6. The first-order valence-electron chi connectivity index (χ1n) is 10.3. The highest BCUT2D eigenvalue weighted by molar-refractivity contribution is 5.85. The van der Waals surface area contributed by atoms with E-state index in [-0.39, 0.29) is 19.6 Å². The van der Waals surface area contributed by atoms with Gasteiger partial charge in [0.2, 0.25) is 0 Å². The fourth-order valence-electron chi connectivity index (χ4n) is 2.79. The zero-order valence-corrected chi connectivity index (χ0v) is 17.8. The second kappa shape index (κ2) is 12.5. The third-order valence-electron chi connectivity index (χ3n) is 4.33. The minimum atomic E-state index is -0.982. The summed E-state index contributed by atoms with van der Waals surface area (Å²) in [5.74, 6) is -0.537. The Hall–Kier alpha value is -4.33. The summed E-state index contributed by atoms with van der Waals surface area (Å²) < 4.78 is 15.7. The highest BCUT2D eigenvalue weighted by Gasteiger charge is 2.20. The van der Waals surface area contributed by atoms with Crippen LogP contribution in [0.5, 0.6) is 0 Å². The van der Waals surface area contributed by atoms with Crippen molar-refractivity contribution in [2.24, 2.45) is 0 Å². The number of hydrogen-bond donors (Lipinski definition) is 2. The molecule has 0 aliphatic carbocycles. The van der Waals surface area contributed by atoms with Crippen LogP contribution in [-0.4, -0.2) is 37.5 Å². The first-order valence-corrected chi connectivity index (χ1v) is 10.3. The average Bonchev–Trinajstić information content (AvgIpc) is 2.83. The third kappa shape index (κ3) is 8.74. The third-order valence-corrected chi connectivity index (χ3v) is 4.33. The van der Waals surface area contributed by atoms with Gasteiger partial charge in [0.05, 0.1) is 6.42 Å². The van der Waals surface area contributed by atoms with Gasteiger partial charge in [-0.15, -0.1) is 0 Å². The number of amides is 2. The van der Waals surface area contributed by atoms with Crippen molar-refractivity contribution in [3.8, 4) is 0 Å². The minimum absolute atomic E-state index is 0.0315. The summed E-state index contributed by atoms with van der Waals surface area (Å²) in [6.07, 6.45) is -2.40. The van der Waals surface area contributed by atoms with Crippen LogP contribution in [0.25, 0.3) is 0 Å². The van der Waals surface area contributed by atoms with E-state index in [0.717, 1.165) is 5.56 Å². The maximum absolute atomic E-state index is 12.4. The molecule has 0 aromatic heterocycles. The molecule has 0 unspecified atom stereocenters. The number of esters is 1. The van der Waals surface area contributed by atoms with Crippen molar-refractivity contribution in [2.75, 3.05) is 23.8 Å². The summed E-state index contributed by atoms with van der Waals surface area (Å²) in [5, 5.41) is 5.13. The molecular formula is C25H24N2O6. The van der Waals surface area contributed by atoms with Crippen molar-refractivity contribution in [2.45, 2.75) is 12.5 Å². The van der Waals surface area contributed by atoms with Crippen LogP contribution in [0.3, 0.4) is 0 Å². The van der Waals surface area contributed by atoms with E-state index in [2.05, 4.69) is 10.6 Å². The monoisotopic (exact) mass is 448 g/mol. The van der Waals surface area contributed by atoms with Crippen molar-refractivity contribution in [1.29, 1.82) is 0 Å². The summed E-state index contributed by atoms with van der Waals surface area (Å²) in [5.41, 5.74) is 1.88. The first-order chi connectivity index (χ1) is 16.1. The second-order valence-electron chi connectivity index (χ2n) is 6.95. The fraction of sp³-hybridized carbons (Fsp3) is 0.160. The molecule has 0 aliphatic rings. The van der Waals surface area contributed by atoms with Crippen LogP contribution in [-0.2, 0) is 25.4 Å². The molecule has 2 amide bonds. The summed E-state index contributed by atoms with van der Waals surface area (Å²) in [6.45, 7) is -0.588. The van der Waals surface area contributed by atoms with Gasteiger partial charge in [-0.1, -0.05) is 66.7 Å². The predicted octanol–water partition coefficient (Wildman–Crippen LogP) is 4.64. The van der Waals surface area contributed by atoms with E-state index >= 15 is 0 Å². The zero-order chi connectivity index (χ0) is 23.3. The Balaban J connectivity index is 1.54. The number of benzene rings is 3. The molecule has 0 fully saturated rings. The van der Waals surface area contributed by atoms with Crippen molar-refractivity contribution < 1.29 is 28.6 Å². The van der Waals surface area contributed by atoms with E-state index in [1.54, 1.807) is 60.7 Å². The molecule has 0 saturated heterocycles. The molecule has 0 radical (unpaired) electrons. The molecule has 0 heterocycles. The highest BCUT2D eigenvalue weighted by Crippen LogP contribution is 2.09. The first kappa shape index (κ1) is 23.3. The minimum Gasteiger partial charge on any atom is -0.455 e. The SMILES string of the molecule is O=C(Cc1ccccc1)OC(COC(=O)Nc1ccccc1)COC(=O)Nc1ccccc1. The Morgan fingerprint density at radius 1 is 0.636 bits per heavy atom. The number of nitrogens with one attached hydrogen (secondary N) is 2. The lowest BCUT2D eigenvalue weighted by Crippen LogP contribution is -2.33. The van der Waals surface area contributed by atoms with Gasteiger partial charge in [0.1, 0.15) is 13.2 Å². The van der Waals surface area contributed by atoms with Gasteiger partial charge in [-0.25, -0.2) is 9.59 Å². The average molecular weight is 448 g/mol. The zero-order valence-electron chi connectivity index (χ0n) is 17.8. The van der Waals surface area contributed by atoms with Gasteiger partial charge in [0.15, 0.2) is 6.10 Å². The van der Waals surface area contributed by atoms with Gasteiger partial charge in [-0.2, -0.15) is 0 Å². The number of carbonyl (C=O) groups is 3. The smallest absolute Gasteiger partial charge is 0.411 e. The number of ether oxygens (including phenoxy) is 3. The van der Waals surface area contributed by atoms with E-state index in [0.29, 0.717) is 11.4 Å². The van der Waals surface area contributed by atoms with Crippen LogP contribution < -0.4 is 10.6 Å². The van der Waals surface area contributed by atoms with Crippen LogP contribution in [0.4, 0.5) is 21.0 Å². The van der Waals surface area contributed by atoms with Crippen LogP contribution >= 0.6 is 0 Å². The molecule has 0 bridgehead atoms. The van der Waals surface area contributed by atoms with E-state index < -0.39 is 24.3 Å². The summed E-state index contributed by atoms with van der Waals surface area (Å²) in [4.78, 5) is 36.5. The van der Waals surface area contributed by atoms with Crippen LogP contribution in [0, 0.1) is 0 Å². The Morgan fingerprint density at radius 2 is 1.06 bits per heavy atom. The molecule has 2 N–H and O–H groups in total. The molecule has 0 spiro atoms. The number of carbonyl (C=O) groups excluding carboxylic acids is 3. The molecule has 0 saturated carbocycles. The molecule has 0 atom stereocenters. The fourth-order valence-corrected chi connectivity index (χ4v) is 2.79. The molecule has 8 nitrogen and oxygen atoms in total. The maximum Gasteiger partial charge on any atom is 0.411 e. The number of para-hydroxylation sites is 2. The molecule has 3 aromatic carbocycles. The van der Waals surface area contributed by atoms with E-state index in [4.69, 9.17) is 14.2 Å². The Bertz CT molecular complexity index is 971. The summed E-state index contributed by atoms with van der Waals surface area (Å²) in [6, 6.07) is 26.6. The van der Waals surface area contributed by atoms with Crippen LogP contribution in [0.2, 0.25) is 0 Å². The topological polar surface area (TPSA) is 103 Å². The van der Waals surface area contributed by atoms with Crippen molar-refractivity contribution in [3.05, 3.63) is 96.6 Å². The maximum atomic E-state index is 12.4. The highest BCUT2D eigenvalue weighted by atomic mass is 16.6. The van der Waals surface area contributed by atoms with E-state index in [1.165, 1.54) is 0 Å². The molecular weight excluding hydrogens is 424 g/mol. The molecule has 0 aliphatic heterocycles. The molecule has 3 aromatic rings. The quantitative estimate of drug-likeness (QED) is 0.365. The van der Waals surface area contributed by atoms with Crippen LogP contribution in [0.1, 0.15) is 5.56 Å². The lowest BCUT2D eigenvalue weighted by Gasteiger charge is -2.18. The van der Waals surface area contributed by atoms with Gasteiger partial charge in [-0.05, 0) is 29.8 Å². The van der Waals surface area contributed by atoms with E-state index in [1.807, 2.05) is 30.3 Å². The lowest BCUT2D eigenvalue weighted by molar-refractivity contribution is -0.152. The molecule has 170 valence electrons. The lowest BCUT2D eigenvalue weighted by atomic mass is 10.1. The van der Waals surface area contributed by atoms with Crippen molar-refractivity contribution in [3.63, 3.8) is 0 Å². The van der Waals surface area contributed by atoms with Crippen LogP contribution in [0.15, 0.2) is 91.0 Å². The van der Waals surface area contributed by atoms with Gasteiger partial charge >= 0.3 is 18.2 Å². The molecule has 33 heavy (non-hydrogen) atoms. The number of anilines is 2. The van der Waals surface area contributed by atoms with Crippen molar-refractivity contribution in [1.82, 2.24) is 0 Å². The predicted molar refractivity (Wildman–Crippen MR) is 123 cm³/mol. The van der Waals surface area contributed by atoms with Gasteiger partial charge in [0, 0.05) is 11.4 Å². The Morgan fingerprint density at radius 3 is 1.52 bits per heavy atom.